The van der Waals surface area contributed by atoms with Gasteiger partial charge < -0.3 is 9.64 Å². The van der Waals surface area contributed by atoms with Crippen molar-refractivity contribution in [3.63, 3.8) is 0 Å². The Labute approximate surface area is 79.4 Å². The van der Waals surface area contributed by atoms with Gasteiger partial charge in [0.15, 0.2) is 0 Å². The SMILES string of the molecule is CO/C=C\c1ccc(N(C)C)cc1. The molecule has 13 heavy (non-hydrogen) atoms. The normalized spacial score (nSPS) is 10.4. The highest BCUT2D eigenvalue weighted by atomic mass is 16.5. The summed E-state index contributed by atoms with van der Waals surface area (Å²) in [5, 5.41) is 0. The first-order chi connectivity index (χ1) is 6.24. The van der Waals surface area contributed by atoms with E-state index in [9.17, 15) is 0 Å². The van der Waals surface area contributed by atoms with Crippen LogP contribution >= 0.6 is 0 Å². The maximum absolute atomic E-state index is 4.83. The van der Waals surface area contributed by atoms with E-state index < -0.39 is 0 Å². The van der Waals surface area contributed by atoms with Gasteiger partial charge in [-0.1, -0.05) is 12.1 Å². The lowest BCUT2D eigenvalue weighted by molar-refractivity contribution is 0.341. The monoisotopic (exact) mass is 177 g/mol. The van der Waals surface area contributed by atoms with Gasteiger partial charge in [0.1, 0.15) is 0 Å². The number of anilines is 1. The van der Waals surface area contributed by atoms with Crippen LogP contribution in [0.4, 0.5) is 5.69 Å². The Balaban J connectivity index is 2.75. The highest BCUT2D eigenvalue weighted by Crippen LogP contribution is 2.12. The molecule has 0 bridgehead atoms. The molecule has 0 amide bonds. The Kier molecular flexibility index (Phi) is 3.38. The van der Waals surface area contributed by atoms with Crippen molar-refractivity contribution >= 4 is 11.8 Å². The molecule has 1 aromatic rings. The number of ether oxygens (including phenoxy) is 1. The molecule has 0 N–H and O–H groups in total. The van der Waals surface area contributed by atoms with Gasteiger partial charge in [-0.05, 0) is 23.8 Å². The number of methoxy groups -OCH3 is 1. The van der Waals surface area contributed by atoms with Crippen LogP contribution in [-0.2, 0) is 4.74 Å². The van der Waals surface area contributed by atoms with Gasteiger partial charge in [0.25, 0.3) is 0 Å². The quantitative estimate of drug-likeness (QED) is 0.657. The average molecular weight is 177 g/mol. The van der Waals surface area contributed by atoms with E-state index in [1.807, 2.05) is 20.2 Å². The molecule has 70 valence electrons. The molecular weight excluding hydrogens is 162 g/mol. The van der Waals surface area contributed by atoms with Crippen LogP contribution in [0.2, 0.25) is 0 Å². The third-order valence-electron chi connectivity index (χ3n) is 1.81. The summed E-state index contributed by atoms with van der Waals surface area (Å²) in [5.41, 5.74) is 2.35. The van der Waals surface area contributed by atoms with E-state index >= 15 is 0 Å². The minimum Gasteiger partial charge on any atom is -0.504 e. The van der Waals surface area contributed by atoms with Crippen LogP contribution in [0.1, 0.15) is 5.56 Å². The van der Waals surface area contributed by atoms with Gasteiger partial charge in [-0.15, -0.1) is 0 Å². The summed E-state index contributed by atoms with van der Waals surface area (Å²) in [5.74, 6) is 0. The van der Waals surface area contributed by atoms with Crippen molar-refractivity contribution in [1.29, 1.82) is 0 Å². The summed E-state index contributed by atoms with van der Waals surface area (Å²) in [6.45, 7) is 0. The summed E-state index contributed by atoms with van der Waals surface area (Å²) in [7, 11) is 5.70. The molecule has 0 atom stereocenters. The lowest BCUT2D eigenvalue weighted by Crippen LogP contribution is -2.07. The Morgan fingerprint density at radius 2 is 1.77 bits per heavy atom. The second-order valence-corrected chi connectivity index (χ2v) is 3.02. The number of hydrogen-bond donors (Lipinski definition) is 0. The van der Waals surface area contributed by atoms with Crippen LogP contribution in [-0.4, -0.2) is 21.2 Å². The molecule has 0 fully saturated rings. The van der Waals surface area contributed by atoms with Crippen LogP contribution in [0, 0.1) is 0 Å². The molecule has 0 saturated heterocycles. The predicted molar refractivity (Wildman–Crippen MR) is 56.8 cm³/mol. The largest absolute Gasteiger partial charge is 0.504 e. The summed E-state index contributed by atoms with van der Waals surface area (Å²) in [4.78, 5) is 2.07. The van der Waals surface area contributed by atoms with E-state index in [2.05, 4.69) is 29.2 Å². The molecule has 0 aliphatic heterocycles. The number of nitrogens with zero attached hydrogens (tertiary/aromatic N) is 1. The Morgan fingerprint density at radius 3 is 2.23 bits per heavy atom. The fourth-order valence-corrected chi connectivity index (χ4v) is 1.03. The minimum absolute atomic E-state index is 1.15. The summed E-state index contributed by atoms with van der Waals surface area (Å²) in [6, 6.07) is 8.28. The predicted octanol–water partition coefficient (Wildman–Crippen LogP) is 2.37. The average Bonchev–Trinajstić information content (AvgIpc) is 2.15. The highest BCUT2D eigenvalue weighted by molar-refractivity contribution is 5.54. The van der Waals surface area contributed by atoms with Crippen molar-refractivity contribution in [3.05, 3.63) is 36.1 Å². The van der Waals surface area contributed by atoms with Crippen LogP contribution in [0.5, 0.6) is 0 Å². The van der Waals surface area contributed by atoms with E-state index in [1.54, 1.807) is 13.4 Å². The van der Waals surface area contributed by atoms with Gasteiger partial charge in [-0.2, -0.15) is 0 Å². The first kappa shape index (κ1) is 9.65. The molecule has 1 rings (SSSR count). The van der Waals surface area contributed by atoms with Gasteiger partial charge in [-0.3, -0.25) is 0 Å². The second kappa shape index (κ2) is 4.55. The maximum Gasteiger partial charge on any atom is 0.0830 e. The molecule has 2 heteroatoms. The van der Waals surface area contributed by atoms with E-state index in [-0.39, 0.29) is 0 Å². The molecule has 0 aliphatic carbocycles. The van der Waals surface area contributed by atoms with E-state index in [4.69, 9.17) is 4.74 Å². The first-order valence-electron chi connectivity index (χ1n) is 4.21. The van der Waals surface area contributed by atoms with Crippen LogP contribution in [0.25, 0.3) is 6.08 Å². The lowest BCUT2D eigenvalue weighted by atomic mass is 10.2. The summed E-state index contributed by atoms with van der Waals surface area (Å²) in [6.07, 6.45) is 3.60. The minimum atomic E-state index is 1.15. The molecule has 0 heterocycles. The molecule has 0 saturated carbocycles. The van der Waals surface area contributed by atoms with Crippen molar-refractivity contribution in [2.45, 2.75) is 0 Å². The fourth-order valence-electron chi connectivity index (χ4n) is 1.03. The lowest BCUT2D eigenvalue weighted by Gasteiger charge is -2.11. The Bertz CT molecular complexity index is 275. The molecular formula is C11H15NO. The van der Waals surface area contributed by atoms with Gasteiger partial charge in [0, 0.05) is 19.8 Å². The van der Waals surface area contributed by atoms with Crippen molar-refractivity contribution in [2.75, 3.05) is 26.1 Å². The molecule has 0 spiro atoms. The molecule has 1 aromatic carbocycles. The number of rotatable bonds is 3. The first-order valence-corrected chi connectivity index (χ1v) is 4.21. The molecule has 0 radical (unpaired) electrons. The van der Waals surface area contributed by atoms with E-state index in [0.29, 0.717) is 0 Å². The van der Waals surface area contributed by atoms with Crippen LogP contribution in [0.15, 0.2) is 30.5 Å². The highest BCUT2D eigenvalue weighted by Gasteiger charge is 1.92. The molecule has 0 aliphatic rings. The van der Waals surface area contributed by atoms with Crippen molar-refractivity contribution in [2.24, 2.45) is 0 Å². The second-order valence-electron chi connectivity index (χ2n) is 3.02. The third-order valence-corrected chi connectivity index (χ3v) is 1.81. The third kappa shape index (κ3) is 2.82. The zero-order valence-corrected chi connectivity index (χ0v) is 8.32. The zero-order valence-electron chi connectivity index (χ0n) is 8.32. The molecule has 0 aromatic heterocycles. The fraction of sp³-hybridized carbons (Fsp3) is 0.273. The zero-order chi connectivity index (χ0) is 9.68. The maximum atomic E-state index is 4.83. The summed E-state index contributed by atoms with van der Waals surface area (Å²) >= 11 is 0. The smallest absolute Gasteiger partial charge is 0.0830 e. The van der Waals surface area contributed by atoms with E-state index in [1.165, 1.54) is 5.69 Å². The Morgan fingerprint density at radius 1 is 1.15 bits per heavy atom. The molecule has 2 nitrogen and oxygen atoms in total. The number of hydrogen-bond acceptors (Lipinski definition) is 2. The van der Waals surface area contributed by atoms with Gasteiger partial charge in [-0.25, -0.2) is 0 Å². The topological polar surface area (TPSA) is 12.5 Å². The van der Waals surface area contributed by atoms with Gasteiger partial charge >= 0.3 is 0 Å². The standard InChI is InChI=1S/C11H15NO/c1-12(2)11-6-4-10(5-7-11)8-9-13-3/h4-9H,1-3H3/b9-8-. The Hall–Kier alpha value is -1.44. The van der Waals surface area contributed by atoms with Crippen molar-refractivity contribution < 1.29 is 4.74 Å². The van der Waals surface area contributed by atoms with E-state index in [0.717, 1.165) is 5.56 Å². The molecule has 0 unspecified atom stereocenters. The van der Waals surface area contributed by atoms with Crippen LogP contribution < -0.4 is 4.90 Å². The van der Waals surface area contributed by atoms with Crippen molar-refractivity contribution in [1.82, 2.24) is 0 Å². The van der Waals surface area contributed by atoms with Crippen molar-refractivity contribution in [3.8, 4) is 0 Å². The van der Waals surface area contributed by atoms with Gasteiger partial charge in [0.2, 0.25) is 0 Å². The van der Waals surface area contributed by atoms with Crippen LogP contribution in [0.3, 0.4) is 0 Å². The van der Waals surface area contributed by atoms with Gasteiger partial charge in [0.05, 0.1) is 13.4 Å². The number of benzene rings is 1. The summed E-state index contributed by atoms with van der Waals surface area (Å²) < 4.78 is 4.83.